The van der Waals surface area contributed by atoms with Gasteiger partial charge in [-0.3, -0.25) is 4.98 Å². The summed E-state index contributed by atoms with van der Waals surface area (Å²) in [6, 6.07) is 19.8. The highest BCUT2D eigenvalue weighted by Crippen LogP contribution is 2.25. The van der Waals surface area contributed by atoms with Crippen LogP contribution in [0.3, 0.4) is 0 Å². The molecule has 0 saturated heterocycles. The van der Waals surface area contributed by atoms with E-state index in [4.69, 9.17) is 0 Å². The topological polar surface area (TPSA) is 33.1 Å². The fraction of sp³-hybridized carbons (Fsp3) is 0.118. The van der Waals surface area contributed by atoms with Crippen LogP contribution in [-0.4, -0.2) is 10.1 Å². The Bertz CT molecular complexity index is 742. The van der Waals surface area contributed by atoms with Gasteiger partial charge in [-0.15, -0.1) is 0 Å². The Balaban J connectivity index is 1.87. The lowest BCUT2D eigenvalue weighted by atomic mass is 10.0. The van der Waals surface area contributed by atoms with Crippen LogP contribution in [0, 0.1) is 0 Å². The van der Waals surface area contributed by atoms with Gasteiger partial charge in [0.25, 0.3) is 0 Å². The van der Waals surface area contributed by atoms with Gasteiger partial charge in [-0.05, 0) is 23.8 Å². The number of pyridine rings is 1. The highest BCUT2D eigenvalue weighted by Gasteiger charge is 2.12. The number of aromatic nitrogens is 1. The Morgan fingerprint density at radius 2 is 1.70 bits per heavy atom. The van der Waals surface area contributed by atoms with Crippen LogP contribution in [0.2, 0.25) is 0 Å². The second-order valence-electron chi connectivity index (χ2n) is 4.74. The Hall–Kier alpha value is -1.71. The Morgan fingerprint density at radius 1 is 0.950 bits per heavy atom. The molecule has 0 fully saturated rings. The average molecular weight is 328 g/mol. The number of rotatable bonds is 3. The molecule has 1 unspecified atom stereocenters. The van der Waals surface area contributed by atoms with E-state index in [1.54, 1.807) is 0 Å². The highest BCUT2D eigenvalue weighted by atomic mass is 79.9. The molecule has 0 amide bonds. The van der Waals surface area contributed by atoms with Crippen molar-refractivity contribution in [1.82, 2.24) is 4.98 Å². The van der Waals surface area contributed by atoms with Crippen molar-refractivity contribution in [2.24, 2.45) is 0 Å². The summed E-state index contributed by atoms with van der Waals surface area (Å²) in [5.41, 5.74) is 2.75. The SMILES string of the molecule is OC(Cc1ccc2ccccc2n1)c1ccccc1Br. The van der Waals surface area contributed by atoms with Crippen LogP contribution >= 0.6 is 15.9 Å². The number of fused-ring (bicyclic) bond motifs is 1. The predicted octanol–water partition coefficient (Wildman–Crippen LogP) is 4.27. The summed E-state index contributed by atoms with van der Waals surface area (Å²) >= 11 is 3.47. The standard InChI is InChI=1S/C17H14BrNO/c18-15-7-3-2-6-14(15)17(20)11-13-10-9-12-5-1-4-8-16(12)19-13/h1-10,17,20H,11H2. The molecule has 0 radical (unpaired) electrons. The molecule has 2 aromatic carbocycles. The van der Waals surface area contributed by atoms with Gasteiger partial charge in [0.15, 0.2) is 0 Å². The van der Waals surface area contributed by atoms with Crippen molar-refractivity contribution < 1.29 is 5.11 Å². The molecule has 1 heterocycles. The second-order valence-corrected chi connectivity index (χ2v) is 5.59. The number of hydrogen-bond acceptors (Lipinski definition) is 2. The third-order valence-electron chi connectivity index (χ3n) is 3.32. The molecule has 0 bridgehead atoms. The third-order valence-corrected chi connectivity index (χ3v) is 4.04. The van der Waals surface area contributed by atoms with Gasteiger partial charge in [-0.2, -0.15) is 0 Å². The van der Waals surface area contributed by atoms with Gasteiger partial charge in [-0.1, -0.05) is 58.4 Å². The largest absolute Gasteiger partial charge is 0.388 e. The molecule has 1 atom stereocenters. The van der Waals surface area contributed by atoms with E-state index in [1.807, 2.05) is 60.7 Å². The zero-order valence-electron chi connectivity index (χ0n) is 10.8. The maximum Gasteiger partial charge on any atom is 0.0856 e. The predicted molar refractivity (Wildman–Crippen MR) is 84.5 cm³/mol. The minimum Gasteiger partial charge on any atom is -0.388 e. The smallest absolute Gasteiger partial charge is 0.0856 e. The van der Waals surface area contributed by atoms with E-state index < -0.39 is 6.10 Å². The van der Waals surface area contributed by atoms with E-state index >= 15 is 0 Å². The Labute approximate surface area is 126 Å². The van der Waals surface area contributed by atoms with Gasteiger partial charge in [-0.25, -0.2) is 0 Å². The first-order chi connectivity index (χ1) is 9.74. The highest BCUT2D eigenvalue weighted by molar-refractivity contribution is 9.10. The van der Waals surface area contributed by atoms with E-state index in [1.165, 1.54) is 0 Å². The van der Waals surface area contributed by atoms with Gasteiger partial charge >= 0.3 is 0 Å². The van der Waals surface area contributed by atoms with Gasteiger partial charge in [0.2, 0.25) is 0 Å². The number of halogens is 1. The Kier molecular flexibility index (Phi) is 3.81. The molecule has 3 rings (SSSR count). The fourth-order valence-corrected chi connectivity index (χ4v) is 2.82. The molecule has 0 aliphatic carbocycles. The minimum atomic E-state index is -0.556. The van der Waals surface area contributed by atoms with E-state index in [0.717, 1.165) is 26.6 Å². The van der Waals surface area contributed by atoms with Crippen molar-refractivity contribution in [2.45, 2.75) is 12.5 Å². The molecule has 3 heteroatoms. The maximum absolute atomic E-state index is 10.4. The third kappa shape index (κ3) is 2.74. The molecule has 100 valence electrons. The second kappa shape index (κ2) is 5.73. The van der Waals surface area contributed by atoms with E-state index in [2.05, 4.69) is 20.9 Å². The zero-order valence-corrected chi connectivity index (χ0v) is 12.4. The van der Waals surface area contributed by atoms with Crippen LogP contribution in [0.4, 0.5) is 0 Å². The molecule has 0 aliphatic rings. The molecular formula is C17H14BrNO. The molecule has 2 nitrogen and oxygen atoms in total. The molecule has 0 saturated carbocycles. The van der Waals surface area contributed by atoms with Gasteiger partial charge in [0.05, 0.1) is 11.6 Å². The lowest BCUT2D eigenvalue weighted by molar-refractivity contribution is 0.176. The van der Waals surface area contributed by atoms with Crippen molar-refractivity contribution >= 4 is 26.8 Å². The van der Waals surface area contributed by atoms with Crippen LogP contribution in [0.25, 0.3) is 10.9 Å². The van der Waals surface area contributed by atoms with Gasteiger partial charge in [0, 0.05) is 22.0 Å². The number of hydrogen-bond donors (Lipinski definition) is 1. The maximum atomic E-state index is 10.4. The Morgan fingerprint density at radius 3 is 2.55 bits per heavy atom. The molecule has 0 spiro atoms. The zero-order chi connectivity index (χ0) is 13.9. The van der Waals surface area contributed by atoms with Crippen molar-refractivity contribution in [2.75, 3.05) is 0 Å². The number of benzene rings is 2. The normalized spacial score (nSPS) is 12.5. The van der Waals surface area contributed by atoms with Crippen LogP contribution in [0.15, 0.2) is 65.1 Å². The van der Waals surface area contributed by atoms with E-state index in [-0.39, 0.29) is 0 Å². The molecule has 20 heavy (non-hydrogen) atoms. The summed E-state index contributed by atoms with van der Waals surface area (Å²) in [6.07, 6.45) is -0.0489. The summed E-state index contributed by atoms with van der Waals surface area (Å²) in [7, 11) is 0. The number of para-hydroxylation sites is 1. The van der Waals surface area contributed by atoms with Gasteiger partial charge < -0.3 is 5.11 Å². The van der Waals surface area contributed by atoms with Crippen LogP contribution in [-0.2, 0) is 6.42 Å². The number of aliphatic hydroxyl groups is 1. The number of nitrogens with zero attached hydrogens (tertiary/aromatic N) is 1. The van der Waals surface area contributed by atoms with Crippen molar-refractivity contribution in [1.29, 1.82) is 0 Å². The molecule has 0 aliphatic heterocycles. The summed E-state index contributed by atoms with van der Waals surface area (Å²) < 4.78 is 0.924. The molecular weight excluding hydrogens is 314 g/mol. The summed E-state index contributed by atoms with van der Waals surface area (Å²) in [6.45, 7) is 0. The fourth-order valence-electron chi connectivity index (χ4n) is 2.28. The van der Waals surface area contributed by atoms with Crippen LogP contribution in [0.5, 0.6) is 0 Å². The lowest BCUT2D eigenvalue weighted by Crippen LogP contribution is -2.04. The average Bonchev–Trinajstić information content (AvgIpc) is 2.47. The quantitative estimate of drug-likeness (QED) is 0.779. The van der Waals surface area contributed by atoms with Crippen LogP contribution < -0.4 is 0 Å². The first kappa shape index (κ1) is 13.3. The van der Waals surface area contributed by atoms with Crippen molar-refractivity contribution in [3.63, 3.8) is 0 Å². The minimum absolute atomic E-state index is 0.507. The first-order valence-electron chi connectivity index (χ1n) is 6.51. The monoisotopic (exact) mass is 327 g/mol. The molecule has 3 aromatic rings. The molecule has 1 aromatic heterocycles. The van der Waals surface area contributed by atoms with E-state index in [9.17, 15) is 5.11 Å². The van der Waals surface area contributed by atoms with Crippen molar-refractivity contribution in [3.05, 3.63) is 76.4 Å². The lowest BCUT2D eigenvalue weighted by Gasteiger charge is -2.12. The van der Waals surface area contributed by atoms with Crippen molar-refractivity contribution in [3.8, 4) is 0 Å². The van der Waals surface area contributed by atoms with Gasteiger partial charge in [0.1, 0.15) is 0 Å². The van der Waals surface area contributed by atoms with E-state index in [0.29, 0.717) is 6.42 Å². The first-order valence-corrected chi connectivity index (χ1v) is 7.30. The van der Waals surface area contributed by atoms with Crippen LogP contribution in [0.1, 0.15) is 17.4 Å². The summed E-state index contributed by atoms with van der Waals surface area (Å²) in [5.74, 6) is 0. The summed E-state index contributed by atoms with van der Waals surface area (Å²) in [5, 5.41) is 11.5. The molecule has 1 N–H and O–H groups in total. The summed E-state index contributed by atoms with van der Waals surface area (Å²) in [4.78, 5) is 4.60. The number of aliphatic hydroxyl groups excluding tert-OH is 1.